The van der Waals surface area contributed by atoms with Crippen LogP contribution < -0.4 is 0 Å². The molecule has 3 aromatic rings. The molecule has 0 bridgehead atoms. The standard InChI is InChI=1S/C22H23F3N2O2/c1-4-7-14(3)20-26-18-13-16(22(23,24)25)10-11-19(18)27(20)17-9-6-8-15(12-17)21(28)29-5-2/h6,8-14H,4-5,7H2,1-3H3. The lowest BCUT2D eigenvalue weighted by Crippen LogP contribution is -2.08. The van der Waals surface area contributed by atoms with E-state index in [2.05, 4.69) is 4.98 Å². The maximum atomic E-state index is 13.2. The Morgan fingerprint density at radius 1 is 1.17 bits per heavy atom. The summed E-state index contributed by atoms with van der Waals surface area (Å²) in [4.78, 5) is 16.7. The van der Waals surface area contributed by atoms with Crippen molar-refractivity contribution in [3.63, 3.8) is 0 Å². The van der Waals surface area contributed by atoms with E-state index in [0.717, 1.165) is 25.0 Å². The number of carbonyl (C=O) groups is 1. The minimum absolute atomic E-state index is 0.0352. The first-order valence-corrected chi connectivity index (χ1v) is 9.63. The quantitative estimate of drug-likeness (QED) is 0.465. The largest absolute Gasteiger partial charge is 0.462 e. The molecular weight excluding hydrogens is 381 g/mol. The van der Waals surface area contributed by atoms with E-state index in [1.54, 1.807) is 25.1 Å². The summed E-state index contributed by atoms with van der Waals surface area (Å²) in [6, 6.07) is 10.4. The number of fused-ring (bicyclic) bond motifs is 1. The lowest BCUT2D eigenvalue weighted by molar-refractivity contribution is -0.137. The van der Waals surface area contributed by atoms with Crippen molar-refractivity contribution in [1.82, 2.24) is 9.55 Å². The van der Waals surface area contributed by atoms with Crippen LogP contribution in [0.15, 0.2) is 42.5 Å². The summed E-state index contributed by atoms with van der Waals surface area (Å²) in [5.41, 5.74) is 1.16. The number of carbonyl (C=O) groups excluding carboxylic acids is 1. The summed E-state index contributed by atoms with van der Waals surface area (Å²) < 4.78 is 46.4. The zero-order valence-electron chi connectivity index (χ0n) is 16.6. The fourth-order valence-electron chi connectivity index (χ4n) is 3.43. The molecule has 1 atom stereocenters. The van der Waals surface area contributed by atoms with Gasteiger partial charge in [0, 0.05) is 11.6 Å². The van der Waals surface area contributed by atoms with Crippen LogP contribution in [-0.4, -0.2) is 22.1 Å². The van der Waals surface area contributed by atoms with Gasteiger partial charge in [0.1, 0.15) is 5.82 Å². The van der Waals surface area contributed by atoms with Crippen LogP contribution in [0.4, 0.5) is 13.2 Å². The maximum Gasteiger partial charge on any atom is 0.416 e. The lowest BCUT2D eigenvalue weighted by atomic mass is 10.1. The predicted octanol–water partition coefficient (Wildman–Crippen LogP) is 6.12. The van der Waals surface area contributed by atoms with E-state index in [4.69, 9.17) is 4.74 Å². The molecule has 1 unspecified atom stereocenters. The number of hydrogen-bond acceptors (Lipinski definition) is 3. The summed E-state index contributed by atoms with van der Waals surface area (Å²) >= 11 is 0. The third kappa shape index (κ3) is 4.28. The Hall–Kier alpha value is -2.83. The van der Waals surface area contributed by atoms with E-state index in [-0.39, 0.29) is 18.0 Å². The Labute approximate surface area is 167 Å². The number of hydrogen-bond donors (Lipinski definition) is 0. The van der Waals surface area contributed by atoms with Crippen LogP contribution in [0.1, 0.15) is 61.3 Å². The molecule has 0 amide bonds. The topological polar surface area (TPSA) is 44.1 Å². The lowest BCUT2D eigenvalue weighted by Gasteiger charge is -2.15. The average molecular weight is 404 g/mol. The van der Waals surface area contributed by atoms with Gasteiger partial charge in [-0.3, -0.25) is 4.57 Å². The van der Waals surface area contributed by atoms with Crippen molar-refractivity contribution in [3.8, 4) is 5.69 Å². The number of nitrogens with zero attached hydrogens (tertiary/aromatic N) is 2. The van der Waals surface area contributed by atoms with Gasteiger partial charge in [-0.15, -0.1) is 0 Å². The molecule has 0 aliphatic heterocycles. The average Bonchev–Trinajstić information content (AvgIpc) is 3.06. The van der Waals surface area contributed by atoms with Crippen molar-refractivity contribution in [1.29, 1.82) is 0 Å². The minimum atomic E-state index is -4.43. The summed E-state index contributed by atoms with van der Waals surface area (Å²) in [7, 11) is 0. The van der Waals surface area contributed by atoms with Crippen LogP contribution in [0.5, 0.6) is 0 Å². The molecule has 7 heteroatoms. The molecule has 0 aliphatic rings. The second kappa shape index (κ2) is 8.27. The molecular formula is C22H23F3N2O2. The van der Waals surface area contributed by atoms with Gasteiger partial charge in [0.25, 0.3) is 0 Å². The van der Waals surface area contributed by atoms with Crippen LogP contribution in [0.2, 0.25) is 0 Å². The van der Waals surface area contributed by atoms with Gasteiger partial charge in [-0.1, -0.05) is 26.3 Å². The van der Waals surface area contributed by atoms with Crippen LogP contribution in [-0.2, 0) is 10.9 Å². The van der Waals surface area contributed by atoms with Crippen LogP contribution in [0.3, 0.4) is 0 Å². The monoisotopic (exact) mass is 404 g/mol. The number of rotatable bonds is 6. The number of halogens is 3. The highest BCUT2D eigenvalue weighted by Crippen LogP contribution is 2.34. The Bertz CT molecular complexity index is 1020. The third-order valence-electron chi connectivity index (χ3n) is 4.79. The first-order valence-electron chi connectivity index (χ1n) is 9.63. The van der Waals surface area contributed by atoms with E-state index in [1.807, 2.05) is 24.5 Å². The van der Waals surface area contributed by atoms with Crippen molar-refractivity contribution in [3.05, 3.63) is 59.4 Å². The van der Waals surface area contributed by atoms with Gasteiger partial charge >= 0.3 is 12.1 Å². The summed E-state index contributed by atoms with van der Waals surface area (Å²) in [6.45, 7) is 6.04. The van der Waals surface area contributed by atoms with Crippen LogP contribution >= 0.6 is 0 Å². The number of ether oxygens (including phenoxy) is 1. The molecule has 29 heavy (non-hydrogen) atoms. The van der Waals surface area contributed by atoms with Crippen LogP contribution in [0.25, 0.3) is 16.7 Å². The van der Waals surface area contributed by atoms with Gasteiger partial charge in [-0.2, -0.15) is 13.2 Å². The van der Waals surface area contributed by atoms with Crippen molar-refractivity contribution >= 4 is 17.0 Å². The van der Waals surface area contributed by atoms with Gasteiger partial charge < -0.3 is 4.74 Å². The van der Waals surface area contributed by atoms with Crippen LogP contribution in [0, 0.1) is 0 Å². The van der Waals surface area contributed by atoms with E-state index in [9.17, 15) is 18.0 Å². The zero-order valence-corrected chi connectivity index (χ0v) is 16.6. The SMILES string of the molecule is CCCC(C)c1nc2cc(C(F)(F)F)ccc2n1-c1cccc(C(=O)OCC)c1. The van der Waals surface area contributed by atoms with E-state index in [1.165, 1.54) is 6.07 Å². The Morgan fingerprint density at radius 2 is 1.93 bits per heavy atom. The van der Waals surface area contributed by atoms with Gasteiger partial charge in [0.2, 0.25) is 0 Å². The van der Waals surface area contributed by atoms with Gasteiger partial charge in [-0.05, 0) is 49.7 Å². The Morgan fingerprint density at radius 3 is 2.59 bits per heavy atom. The highest BCUT2D eigenvalue weighted by molar-refractivity contribution is 5.90. The third-order valence-corrected chi connectivity index (χ3v) is 4.79. The second-order valence-corrected chi connectivity index (χ2v) is 6.97. The molecule has 0 fully saturated rings. The molecule has 0 radical (unpaired) electrons. The van der Waals surface area contributed by atoms with E-state index in [0.29, 0.717) is 22.6 Å². The fourth-order valence-corrected chi connectivity index (χ4v) is 3.43. The smallest absolute Gasteiger partial charge is 0.416 e. The molecule has 154 valence electrons. The second-order valence-electron chi connectivity index (χ2n) is 6.97. The fraction of sp³-hybridized carbons (Fsp3) is 0.364. The molecule has 1 aromatic heterocycles. The molecule has 4 nitrogen and oxygen atoms in total. The van der Waals surface area contributed by atoms with Crippen molar-refractivity contribution in [2.24, 2.45) is 0 Å². The zero-order chi connectivity index (χ0) is 21.2. The molecule has 1 heterocycles. The summed E-state index contributed by atoms with van der Waals surface area (Å²) in [5, 5.41) is 0. The van der Waals surface area contributed by atoms with Crippen molar-refractivity contribution < 1.29 is 22.7 Å². The Balaban J connectivity index is 2.20. The van der Waals surface area contributed by atoms with Gasteiger partial charge in [-0.25, -0.2) is 9.78 Å². The molecule has 0 saturated carbocycles. The van der Waals surface area contributed by atoms with Crippen molar-refractivity contribution in [2.45, 2.75) is 45.7 Å². The molecule has 0 aliphatic carbocycles. The van der Waals surface area contributed by atoms with E-state index >= 15 is 0 Å². The summed E-state index contributed by atoms with van der Waals surface area (Å²) in [6.07, 6.45) is -2.68. The first kappa shape index (κ1) is 20.9. The van der Waals surface area contributed by atoms with Gasteiger partial charge in [0.15, 0.2) is 0 Å². The first-order chi connectivity index (χ1) is 13.8. The summed E-state index contributed by atoms with van der Waals surface area (Å²) in [5.74, 6) is 0.261. The number of alkyl halides is 3. The van der Waals surface area contributed by atoms with E-state index < -0.39 is 17.7 Å². The van der Waals surface area contributed by atoms with Crippen molar-refractivity contribution in [2.75, 3.05) is 6.61 Å². The molecule has 0 spiro atoms. The minimum Gasteiger partial charge on any atom is -0.462 e. The van der Waals surface area contributed by atoms with Gasteiger partial charge in [0.05, 0.1) is 28.8 Å². The Kier molecular flexibility index (Phi) is 5.96. The maximum absolute atomic E-state index is 13.2. The highest BCUT2D eigenvalue weighted by Gasteiger charge is 2.31. The molecule has 0 N–H and O–H groups in total. The molecule has 0 saturated heterocycles. The number of aromatic nitrogens is 2. The number of esters is 1. The number of imidazole rings is 1. The predicted molar refractivity (Wildman–Crippen MR) is 105 cm³/mol. The molecule has 2 aromatic carbocycles. The number of benzene rings is 2. The highest BCUT2D eigenvalue weighted by atomic mass is 19.4. The molecule has 3 rings (SSSR count). The normalized spacial score (nSPS) is 12.9.